The summed E-state index contributed by atoms with van der Waals surface area (Å²) in [7, 11) is -2.63. The van der Waals surface area contributed by atoms with E-state index < -0.39 is 28.3 Å². The van der Waals surface area contributed by atoms with Gasteiger partial charge in [-0.2, -0.15) is 0 Å². The first-order valence-corrected chi connectivity index (χ1v) is 12.7. The van der Waals surface area contributed by atoms with Gasteiger partial charge in [-0.1, -0.05) is 25.5 Å². The minimum atomic E-state index is -4.11. The van der Waals surface area contributed by atoms with Crippen molar-refractivity contribution < 1.29 is 27.1 Å². The normalized spacial score (nSPS) is 11.1. The number of hydrogen-bond donors (Lipinski definition) is 1. The number of carbonyl (C=O) groups is 1. The number of sulfonamides is 1. The second-order valence-corrected chi connectivity index (χ2v) is 9.62. The fourth-order valence-electron chi connectivity index (χ4n) is 3.38. The monoisotopic (exact) mass is 500 g/mol. The average molecular weight is 501 g/mol. The van der Waals surface area contributed by atoms with E-state index in [0.717, 1.165) is 29.3 Å². The molecule has 35 heavy (non-hydrogen) atoms. The van der Waals surface area contributed by atoms with Crippen molar-refractivity contribution in [3.63, 3.8) is 0 Å². The zero-order chi connectivity index (χ0) is 25.3. The molecular weight excluding hydrogens is 471 g/mol. The predicted molar refractivity (Wildman–Crippen MR) is 133 cm³/mol. The Hall–Kier alpha value is -3.59. The van der Waals surface area contributed by atoms with Crippen molar-refractivity contribution in [2.45, 2.75) is 24.7 Å². The molecule has 0 bridgehead atoms. The summed E-state index contributed by atoms with van der Waals surface area (Å²) in [5.74, 6) is 0.150. The van der Waals surface area contributed by atoms with Gasteiger partial charge in [-0.3, -0.25) is 9.10 Å². The lowest BCUT2D eigenvalue weighted by Gasteiger charge is -2.24. The number of carbonyl (C=O) groups excluding carboxylic acids is 1. The molecule has 0 atom stereocenters. The Balaban J connectivity index is 1.65. The maximum absolute atomic E-state index is 13.4. The third-order valence-electron chi connectivity index (χ3n) is 5.20. The quantitative estimate of drug-likeness (QED) is 0.377. The van der Waals surface area contributed by atoms with E-state index in [0.29, 0.717) is 11.5 Å². The SMILES string of the molecule is CCCc1ccc(OCCNC(=O)CN(c2ccc(F)cc2)S(=O)(=O)c2ccc(OC)cc2)cc1. The lowest BCUT2D eigenvalue weighted by atomic mass is 10.1. The van der Waals surface area contributed by atoms with Crippen molar-refractivity contribution in [1.29, 1.82) is 0 Å². The molecule has 7 nitrogen and oxygen atoms in total. The molecule has 3 aromatic rings. The van der Waals surface area contributed by atoms with Gasteiger partial charge in [0.05, 0.1) is 24.2 Å². The first-order valence-electron chi connectivity index (χ1n) is 11.2. The highest BCUT2D eigenvalue weighted by molar-refractivity contribution is 7.92. The van der Waals surface area contributed by atoms with E-state index in [-0.39, 0.29) is 23.7 Å². The molecule has 1 N–H and O–H groups in total. The molecule has 186 valence electrons. The molecule has 0 fully saturated rings. The Labute approximate surface area is 205 Å². The van der Waals surface area contributed by atoms with Crippen molar-refractivity contribution in [1.82, 2.24) is 5.32 Å². The van der Waals surface area contributed by atoms with Crippen molar-refractivity contribution in [2.24, 2.45) is 0 Å². The molecule has 3 aromatic carbocycles. The molecule has 3 rings (SSSR count). The van der Waals surface area contributed by atoms with Gasteiger partial charge in [0.25, 0.3) is 10.0 Å². The summed E-state index contributed by atoms with van der Waals surface area (Å²) in [5.41, 5.74) is 1.40. The highest BCUT2D eigenvalue weighted by atomic mass is 32.2. The molecule has 0 aromatic heterocycles. The fourth-order valence-corrected chi connectivity index (χ4v) is 4.80. The van der Waals surface area contributed by atoms with E-state index in [1.54, 1.807) is 0 Å². The van der Waals surface area contributed by atoms with Crippen LogP contribution >= 0.6 is 0 Å². The molecule has 0 heterocycles. The largest absolute Gasteiger partial charge is 0.497 e. The molecule has 1 amide bonds. The van der Waals surface area contributed by atoms with Gasteiger partial charge >= 0.3 is 0 Å². The van der Waals surface area contributed by atoms with Gasteiger partial charge in [-0.25, -0.2) is 12.8 Å². The second kappa shape index (κ2) is 12.2. The number of methoxy groups -OCH3 is 1. The number of nitrogens with zero attached hydrogens (tertiary/aromatic N) is 1. The topological polar surface area (TPSA) is 84.9 Å². The molecule has 0 unspecified atom stereocenters. The zero-order valence-corrected chi connectivity index (χ0v) is 20.6. The molecular formula is C26H29FN2O5S. The smallest absolute Gasteiger partial charge is 0.264 e. The number of benzene rings is 3. The number of halogens is 1. The van der Waals surface area contributed by atoms with Crippen molar-refractivity contribution >= 4 is 21.6 Å². The van der Waals surface area contributed by atoms with E-state index in [1.165, 1.54) is 49.1 Å². The Morgan fingerprint density at radius 2 is 1.57 bits per heavy atom. The number of rotatable bonds is 12. The molecule has 0 aliphatic heterocycles. The van der Waals surface area contributed by atoms with Crippen molar-refractivity contribution in [3.8, 4) is 11.5 Å². The minimum Gasteiger partial charge on any atom is -0.497 e. The van der Waals surface area contributed by atoms with Gasteiger partial charge in [-0.05, 0) is 72.6 Å². The van der Waals surface area contributed by atoms with Crippen LogP contribution < -0.4 is 19.1 Å². The maximum Gasteiger partial charge on any atom is 0.264 e. The molecule has 9 heteroatoms. The zero-order valence-electron chi connectivity index (χ0n) is 19.7. The second-order valence-electron chi connectivity index (χ2n) is 7.76. The Kier molecular flexibility index (Phi) is 9.08. The van der Waals surface area contributed by atoms with Gasteiger partial charge < -0.3 is 14.8 Å². The summed E-state index contributed by atoms with van der Waals surface area (Å²) in [6, 6.07) is 18.5. The Morgan fingerprint density at radius 3 is 2.17 bits per heavy atom. The van der Waals surface area contributed by atoms with Crippen LogP contribution in [-0.2, 0) is 21.2 Å². The predicted octanol–water partition coefficient (Wildman–Crippen LogP) is 4.18. The van der Waals surface area contributed by atoms with Gasteiger partial charge in [0.2, 0.25) is 5.91 Å². The molecule has 0 aliphatic carbocycles. The third kappa shape index (κ3) is 7.19. The standard InChI is InChI=1S/C26H29FN2O5S/c1-3-4-20-5-11-24(12-6-20)34-18-17-28-26(30)19-29(22-9-7-21(27)8-10-22)35(31,32)25-15-13-23(33-2)14-16-25/h5-16H,3-4,17-19H2,1-2H3,(H,28,30). The number of anilines is 1. The molecule has 0 spiro atoms. The molecule has 0 aliphatic rings. The Bertz CT molecular complexity index is 1200. The first-order chi connectivity index (χ1) is 16.8. The van der Waals surface area contributed by atoms with E-state index in [2.05, 4.69) is 12.2 Å². The van der Waals surface area contributed by atoms with Crippen molar-refractivity contribution in [3.05, 3.63) is 84.2 Å². The van der Waals surface area contributed by atoms with Gasteiger partial charge in [0, 0.05) is 0 Å². The van der Waals surface area contributed by atoms with E-state index in [9.17, 15) is 17.6 Å². The lowest BCUT2D eigenvalue weighted by Crippen LogP contribution is -2.41. The molecule has 0 radical (unpaired) electrons. The van der Waals surface area contributed by atoms with Crippen LogP contribution in [0.15, 0.2) is 77.7 Å². The number of nitrogens with one attached hydrogen (secondary N) is 1. The van der Waals surface area contributed by atoms with Crippen LogP contribution in [0.5, 0.6) is 11.5 Å². The number of amides is 1. The van der Waals surface area contributed by atoms with Crippen molar-refractivity contribution in [2.75, 3.05) is 31.1 Å². The third-order valence-corrected chi connectivity index (χ3v) is 6.99. The summed E-state index contributed by atoms with van der Waals surface area (Å²) < 4.78 is 51.8. The van der Waals surface area contributed by atoms with E-state index >= 15 is 0 Å². The Morgan fingerprint density at radius 1 is 0.943 bits per heavy atom. The molecule has 0 saturated heterocycles. The van der Waals surface area contributed by atoms with Crippen LogP contribution in [-0.4, -0.2) is 41.1 Å². The summed E-state index contributed by atoms with van der Waals surface area (Å²) in [6.45, 7) is 2.05. The van der Waals surface area contributed by atoms with Gasteiger partial charge in [0.1, 0.15) is 30.5 Å². The van der Waals surface area contributed by atoms with Crippen LogP contribution in [0, 0.1) is 5.82 Å². The maximum atomic E-state index is 13.4. The van der Waals surface area contributed by atoms with Gasteiger partial charge in [-0.15, -0.1) is 0 Å². The lowest BCUT2D eigenvalue weighted by molar-refractivity contribution is -0.119. The van der Waals surface area contributed by atoms with Crippen LogP contribution in [0.25, 0.3) is 0 Å². The first kappa shape index (κ1) is 26.0. The van der Waals surface area contributed by atoms with E-state index in [1.807, 2.05) is 24.3 Å². The fraction of sp³-hybridized carbons (Fsp3) is 0.269. The van der Waals surface area contributed by atoms with Crippen LogP contribution in [0.1, 0.15) is 18.9 Å². The highest BCUT2D eigenvalue weighted by Gasteiger charge is 2.27. The highest BCUT2D eigenvalue weighted by Crippen LogP contribution is 2.25. The molecule has 0 saturated carbocycles. The summed E-state index contributed by atoms with van der Waals surface area (Å²) in [5, 5.41) is 2.67. The van der Waals surface area contributed by atoms with Crippen LogP contribution in [0.4, 0.5) is 10.1 Å². The number of aryl methyl sites for hydroxylation is 1. The minimum absolute atomic E-state index is 0.0229. The van der Waals surface area contributed by atoms with Crippen LogP contribution in [0.2, 0.25) is 0 Å². The van der Waals surface area contributed by atoms with Crippen LogP contribution in [0.3, 0.4) is 0 Å². The van der Waals surface area contributed by atoms with E-state index in [4.69, 9.17) is 9.47 Å². The number of ether oxygens (including phenoxy) is 2. The van der Waals surface area contributed by atoms with Gasteiger partial charge in [0.15, 0.2) is 0 Å². The summed E-state index contributed by atoms with van der Waals surface area (Å²) >= 11 is 0. The number of hydrogen-bond acceptors (Lipinski definition) is 5. The average Bonchev–Trinajstić information content (AvgIpc) is 2.87. The summed E-state index contributed by atoms with van der Waals surface area (Å²) in [4.78, 5) is 12.6. The summed E-state index contributed by atoms with van der Waals surface area (Å²) in [6.07, 6.45) is 2.07.